The van der Waals surface area contributed by atoms with Crippen LogP contribution in [0.4, 0.5) is 4.79 Å². The van der Waals surface area contributed by atoms with Gasteiger partial charge in [0.05, 0.1) is 18.7 Å². The standard InChI is InChI=1S/C12H15NO3/c1-9(10-5-3-2-4-6-10)13-11(7-14)8-16-12(13)15/h2-6,9,11,14H,7-8H2,1H3/t9-,11-/m0/s1. The lowest BCUT2D eigenvalue weighted by Gasteiger charge is -2.27. The second kappa shape index (κ2) is 4.53. The van der Waals surface area contributed by atoms with E-state index in [2.05, 4.69) is 0 Å². The van der Waals surface area contributed by atoms with Crippen molar-refractivity contribution < 1.29 is 14.6 Å². The molecule has 1 amide bonds. The fourth-order valence-electron chi connectivity index (χ4n) is 1.98. The lowest BCUT2D eigenvalue weighted by Crippen LogP contribution is -2.38. The van der Waals surface area contributed by atoms with Crippen molar-refractivity contribution in [2.45, 2.75) is 19.0 Å². The predicted molar refractivity (Wildman–Crippen MR) is 58.9 cm³/mol. The van der Waals surface area contributed by atoms with E-state index < -0.39 is 0 Å². The zero-order chi connectivity index (χ0) is 11.5. The number of amides is 1. The molecule has 0 aliphatic carbocycles. The fraction of sp³-hybridized carbons (Fsp3) is 0.417. The molecule has 4 heteroatoms. The second-order valence-corrected chi connectivity index (χ2v) is 3.91. The maximum atomic E-state index is 11.6. The van der Waals surface area contributed by atoms with Gasteiger partial charge in [0, 0.05) is 0 Å². The van der Waals surface area contributed by atoms with Crippen molar-refractivity contribution in [1.29, 1.82) is 0 Å². The smallest absolute Gasteiger partial charge is 0.410 e. The second-order valence-electron chi connectivity index (χ2n) is 3.91. The van der Waals surface area contributed by atoms with Crippen molar-refractivity contribution in [1.82, 2.24) is 4.90 Å². The number of hydrogen-bond donors (Lipinski definition) is 1. The van der Waals surface area contributed by atoms with Gasteiger partial charge in [-0.15, -0.1) is 0 Å². The molecule has 2 atom stereocenters. The highest BCUT2D eigenvalue weighted by molar-refractivity contribution is 5.70. The topological polar surface area (TPSA) is 49.8 Å². The lowest BCUT2D eigenvalue weighted by molar-refractivity contribution is 0.135. The molecule has 0 radical (unpaired) electrons. The molecule has 0 spiro atoms. The Morgan fingerprint density at radius 1 is 1.50 bits per heavy atom. The van der Waals surface area contributed by atoms with Gasteiger partial charge in [-0.05, 0) is 12.5 Å². The molecular formula is C12H15NO3. The van der Waals surface area contributed by atoms with Gasteiger partial charge in [-0.1, -0.05) is 30.3 Å². The number of ether oxygens (including phenoxy) is 1. The minimum Gasteiger partial charge on any atom is -0.447 e. The fourth-order valence-corrected chi connectivity index (χ4v) is 1.98. The van der Waals surface area contributed by atoms with Crippen molar-refractivity contribution >= 4 is 6.09 Å². The molecule has 1 N–H and O–H groups in total. The van der Waals surface area contributed by atoms with Gasteiger partial charge in [0.25, 0.3) is 0 Å². The third-order valence-corrected chi connectivity index (χ3v) is 2.91. The summed E-state index contributed by atoms with van der Waals surface area (Å²) in [6, 6.07) is 9.41. The van der Waals surface area contributed by atoms with E-state index >= 15 is 0 Å². The Kier molecular flexibility index (Phi) is 3.10. The summed E-state index contributed by atoms with van der Waals surface area (Å²) >= 11 is 0. The monoisotopic (exact) mass is 221 g/mol. The molecule has 1 fully saturated rings. The van der Waals surface area contributed by atoms with Crippen LogP contribution in [0.2, 0.25) is 0 Å². The van der Waals surface area contributed by atoms with Crippen LogP contribution in [0.5, 0.6) is 0 Å². The number of rotatable bonds is 3. The summed E-state index contributed by atoms with van der Waals surface area (Å²) < 4.78 is 4.94. The Balaban J connectivity index is 2.20. The Morgan fingerprint density at radius 2 is 2.19 bits per heavy atom. The third kappa shape index (κ3) is 1.88. The summed E-state index contributed by atoms with van der Waals surface area (Å²) in [4.78, 5) is 13.1. The molecule has 0 unspecified atom stereocenters. The van der Waals surface area contributed by atoms with E-state index in [1.54, 1.807) is 4.90 Å². The number of benzene rings is 1. The Labute approximate surface area is 94.4 Å². The number of carbonyl (C=O) groups is 1. The predicted octanol–water partition coefficient (Wildman–Crippen LogP) is 1.56. The molecule has 1 aromatic carbocycles. The summed E-state index contributed by atoms with van der Waals surface area (Å²) in [6.45, 7) is 2.14. The Morgan fingerprint density at radius 3 is 2.81 bits per heavy atom. The van der Waals surface area contributed by atoms with Gasteiger partial charge in [-0.3, -0.25) is 4.90 Å². The number of aliphatic hydroxyl groups is 1. The van der Waals surface area contributed by atoms with Crippen molar-refractivity contribution in [3.63, 3.8) is 0 Å². The Hall–Kier alpha value is -1.55. The molecule has 0 bridgehead atoms. The highest BCUT2D eigenvalue weighted by atomic mass is 16.6. The van der Waals surface area contributed by atoms with Crippen LogP contribution in [0.25, 0.3) is 0 Å². The van der Waals surface area contributed by atoms with E-state index in [9.17, 15) is 9.90 Å². The summed E-state index contributed by atoms with van der Waals surface area (Å²) in [6.07, 6.45) is -0.351. The number of aliphatic hydroxyl groups excluding tert-OH is 1. The summed E-state index contributed by atoms with van der Waals surface area (Å²) in [5, 5.41) is 9.18. The highest BCUT2D eigenvalue weighted by Crippen LogP contribution is 2.26. The quantitative estimate of drug-likeness (QED) is 0.842. The molecule has 86 valence electrons. The summed E-state index contributed by atoms with van der Waals surface area (Å²) in [5.74, 6) is 0. The van der Waals surface area contributed by atoms with Crippen LogP contribution in [0, 0.1) is 0 Å². The van der Waals surface area contributed by atoms with Gasteiger partial charge in [0.2, 0.25) is 0 Å². The first kappa shape index (κ1) is 11.0. The first-order valence-electron chi connectivity index (χ1n) is 5.35. The van der Waals surface area contributed by atoms with E-state index in [1.807, 2.05) is 37.3 Å². The minimum atomic E-state index is -0.351. The van der Waals surface area contributed by atoms with Crippen LogP contribution in [-0.2, 0) is 4.74 Å². The van der Waals surface area contributed by atoms with Crippen LogP contribution >= 0.6 is 0 Å². The van der Waals surface area contributed by atoms with Crippen LogP contribution in [0.1, 0.15) is 18.5 Å². The normalized spacial score (nSPS) is 22.0. The molecule has 4 nitrogen and oxygen atoms in total. The lowest BCUT2D eigenvalue weighted by atomic mass is 10.1. The van der Waals surface area contributed by atoms with E-state index in [1.165, 1.54) is 0 Å². The van der Waals surface area contributed by atoms with E-state index in [0.717, 1.165) is 5.56 Å². The molecule has 2 rings (SSSR count). The average Bonchev–Trinajstić information content (AvgIpc) is 2.70. The van der Waals surface area contributed by atoms with Gasteiger partial charge in [0.1, 0.15) is 6.61 Å². The molecule has 1 aromatic rings. The van der Waals surface area contributed by atoms with Gasteiger partial charge in [0.15, 0.2) is 0 Å². The zero-order valence-corrected chi connectivity index (χ0v) is 9.17. The Bertz CT molecular complexity index is 366. The molecular weight excluding hydrogens is 206 g/mol. The van der Waals surface area contributed by atoms with Gasteiger partial charge in [-0.2, -0.15) is 0 Å². The third-order valence-electron chi connectivity index (χ3n) is 2.91. The van der Waals surface area contributed by atoms with Crippen LogP contribution in [-0.4, -0.2) is 35.4 Å². The van der Waals surface area contributed by atoms with Gasteiger partial charge < -0.3 is 9.84 Å². The molecule has 1 aliphatic rings. The molecule has 16 heavy (non-hydrogen) atoms. The minimum absolute atomic E-state index is 0.0666. The number of hydrogen-bond acceptors (Lipinski definition) is 3. The largest absolute Gasteiger partial charge is 0.447 e. The molecule has 1 heterocycles. The first-order chi connectivity index (χ1) is 7.74. The van der Waals surface area contributed by atoms with Crippen LogP contribution < -0.4 is 0 Å². The van der Waals surface area contributed by atoms with Gasteiger partial charge in [-0.25, -0.2) is 4.79 Å². The molecule has 1 saturated heterocycles. The number of nitrogens with zero attached hydrogens (tertiary/aromatic N) is 1. The van der Waals surface area contributed by atoms with Crippen molar-refractivity contribution in [2.75, 3.05) is 13.2 Å². The van der Waals surface area contributed by atoms with E-state index in [0.29, 0.717) is 0 Å². The van der Waals surface area contributed by atoms with E-state index in [4.69, 9.17) is 4.74 Å². The highest BCUT2D eigenvalue weighted by Gasteiger charge is 2.36. The maximum absolute atomic E-state index is 11.6. The van der Waals surface area contributed by atoms with Gasteiger partial charge >= 0.3 is 6.09 Å². The molecule has 0 saturated carbocycles. The summed E-state index contributed by atoms with van der Waals surface area (Å²) in [7, 11) is 0. The SMILES string of the molecule is C[C@@H](c1ccccc1)N1C(=O)OC[C@@H]1CO. The maximum Gasteiger partial charge on any atom is 0.410 e. The van der Waals surface area contributed by atoms with Crippen LogP contribution in [0.3, 0.4) is 0 Å². The van der Waals surface area contributed by atoms with Crippen molar-refractivity contribution in [3.05, 3.63) is 35.9 Å². The first-order valence-corrected chi connectivity index (χ1v) is 5.35. The average molecular weight is 221 g/mol. The number of cyclic esters (lactones) is 1. The molecule has 0 aromatic heterocycles. The molecule has 1 aliphatic heterocycles. The van der Waals surface area contributed by atoms with Crippen LogP contribution in [0.15, 0.2) is 30.3 Å². The zero-order valence-electron chi connectivity index (χ0n) is 9.17. The van der Waals surface area contributed by atoms with Crippen molar-refractivity contribution in [2.24, 2.45) is 0 Å². The number of carbonyl (C=O) groups excluding carboxylic acids is 1. The van der Waals surface area contributed by atoms with E-state index in [-0.39, 0.29) is 31.4 Å². The van der Waals surface area contributed by atoms with Crippen molar-refractivity contribution in [3.8, 4) is 0 Å². The summed E-state index contributed by atoms with van der Waals surface area (Å²) in [5.41, 5.74) is 1.04.